The Kier molecular flexibility index (Phi) is 5.44. The zero-order chi connectivity index (χ0) is 23.4. The van der Waals surface area contributed by atoms with Gasteiger partial charge in [0, 0.05) is 16.5 Å². The minimum Gasteiger partial charge on any atom is -0.507 e. The number of hydrogen-bond donors (Lipinski definition) is 1. The highest BCUT2D eigenvalue weighted by molar-refractivity contribution is 7.22. The number of Topliss-reactive ketones (excluding diaryl/α,β-unsaturated/α-hetero) is 1. The van der Waals surface area contributed by atoms with E-state index in [-0.39, 0.29) is 31.8 Å². The number of aliphatic hydroxyl groups excluding tert-OH is 1. The second kappa shape index (κ2) is 8.18. The molecule has 166 valence electrons. The summed E-state index contributed by atoms with van der Waals surface area (Å²) in [5.74, 6) is -4.39. The maximum absolute atomic E-state index is 13.7. The van der Waals surface area contributed by atoms with Gasteiger partial charge in [0.05, 0.1) is 25.8 Å². The predicted octanol–water partition coefficient (Wildman–Crippen LogP) is 6.57. The molecule has 4 aromatic rings. The van der Waals surface area contributed by atoms with Crippen molar-refractivity contribution in [2.75, 3.05) is 4.90 Å². The van der Waals surface area contributed by atoms with Crippen molar-refractivity contribution in [3.63, 3.8) is 0 Å². The van der Waals surface area contributed by atoms with E-state index in [0.717, 1.165) is 28.4 Å². The summed E-state index contributed by atoms with van der Waals surface area (Å²) < 4.78 is 27.7. The molecule has 11 heteroatoms. The minimum absolute atomic E-state index is 0.0729. The molecule has 1 aliphatic heterocycles. The van der Waals surface area contributed by atoms with Gasteiger partial charge in [0.1, 0.15) is 11.8 Å². The number of nitrogens with zero attached hydrogens (tertiary/aromatic N) is 2. The van der Waals surface area contributed by atoms with Gasteiger partial charge < -0.3 is 5.11 Å². The standard InChI is InChI=1S/C22H10Cl2F2N2O3S2/c23-10-4-3-9(6-11(10)24)19(29)17-18(15-2-1-5-32-15)28(21(31)20(17)30)22-27-14-7-12(25)13(26)8-16(14)33-22/h1-8,18,29H/b19-17+. The summed E-state index contributed by atoms with van der Waals surface area (Å²) in [5.41, 5.74) is 0.195. The summed E-state index contributed by atoms with van der Waals surface area (Å²) in [6, 6.07) is 8.70. The molecule has 2 aromatic carbocycles. The fourth-order valence-corrected chi connectivity index (χ4v) is 5.68. The Morgan fingerprint density at radius 3 is 2.52 bits per heavy atom. The SMILES string of the molecule is O=C1C(=O)N(c2nc3cc(F)c(F)cc3s2)C(c2cccs2)/C1=C(\O)c1ccc(Cl)c(Cl)c1. The third kappa shape index (κ3) is 3.61. The van der Waals surface area contributed by atoms with Crippen LogP contribution in [0.2, 0.25) is 10.0 Å². The van der Waals surface area contributed by atoms with Gasteiger partial charge in [-0.05, 0) is 35.7 Å². The van der Waals surface area contributed by atoms with Crippen molar-refractivity contribution in [2.45, 2.75) is 6.04 Å². The summed E-state index contributed by atoms with van der Waals surface area (Å²) >= 11 is 14.2. The first-order valence-electron chi connectivity index (χ1n) is 9.31. The van der Waals surface area contributed by atoms with Crippen molar-refractivity contribution in [3.8, 4) is 0 Å². The molecule has 3 heterocycles. The molecule has 1 aliphatic rings. The average Bonchev–Trinajstić information content (AvgIpc) is 3.49. The lowest BCUT2D eigenvalue weighted by atomic mass is 10.00. The first-order chi connectivity index (χ1) is 15.8. The fraction of sp³-hybridized carbons (Fsp3) is 0.0455. The molecule has 33 heavy (non-hydrogen) atoms. The lowest BCUT2D eigenvalue weighted by molar-refractivity contribution is -0.132. The van der Waals surface area contributed by atoms with Crippen LogP contribution in [0.1, 0.15) is 16.5 Å². The lowest BCUT2D eigenvalue weighted by Gasteiger charge is -2.21. The van der Waals surface area contributed by atoms with Gasteiger partial charge in [-0.1, -0.05) is 40.6 Å². The summed E-state index contributed by atoms with van der Waals surface area (Å²) in [7, 11) is 0. The molecular weight excluding hydrogens is 513 g/mol. The number of aromatic nitrogens is 1. The third-order valence-electron chi connectivity index (χ3n) is 5.08. The van der Waals surface area contributed by atoms with Gasteiger partial charge in [-0.2, -0.15) is 0 Å². The van der Waals surface area contributed by atoms with Crippen LogP contribution in [0.15, 0.2) is 53.4 Å². The van der Waals surface area contributed by atoms with E-state index in [2.05, 4.69) is 4.98 Å². The summed E-state index contributed by atoms with van der Waals surface area (Å²) in [4.78, 5) is 32.2. The number of fused-ring (bicyclic) bond motifs is 1. The number of carbonyl (C=O) groups is 2. The van der Waals surface area contributed by atoms with E-state index >= 15 is 0 Å². The van der Waals surface area contributed by atoms with E-state index in [1.807, 2.05) is 0 Å². The first kappa shape index (κ1) is 22.0. The number of carbonyl (C=O) groups excluding carboxylic acids is 2. The molecule has 1 fully saturated rings. The minimum atomic E-state index is -1.07. The highest BCUT2D eigenvalue weighted by Crippen LogP contribution is 2.45. The van der Waals surface area contributed by atoms with Crippen LogP contribution in [0.4, 0.5) is 13.9 Å². The predicted molar refractivity (Wildman–Crippen MR) is 125 cm³/mol. The molecule has 1 unspecified atom stereocenters. The maximum atomic E-state index is 13.7. The molecule has 5 rings (SSSR count). The second-order valence-electron chi connectivity index (χ2n) is 7.04. The molecule has 0 bridgehead atoms. The number of thiazole rings is 1. The number of aliphatic hydroxyl groups is 1. The number of rotatable bonds is 3. The van der Waals surface area contributed by atoms with Crippen LogP contribution in [-0.4, -0.2) is 21.8 Å². The van der Waals surface area contributed by atoms with Crippen LogP contribution in [0, 0.1) is 11.6 Å². The Hall–Kier alpha value is -2.85. The summed E-state index contributed by atoms with van der Waals surface area (Å²) in [5, 5.41) is 13.3. The van der Waals surface area contributed by atoms with Crippen LogP contribution < -0.4 is 4.90 Å². The Morgan fingerprint density at radius 1 is 1.06 bits per heavy atom. The number of anilines is 1. The van der Waals surface area contributed by atoms with Crippen molar-refractivity contribution in [1.29, 1.82) is 0 Å². The Bertz CT molecular complexity index is 1450. The van der Waals surface area contributed by atoms with Crippen LogP contribution in [0.5, 0.6) is 0 Å². The first-order valence-corrected chi connectivity index (χ1v) is 11.8. The highest BCUT2D eigenvalue weighted by Gasteiger charge is 2.48. The Morgan fingerprint density at radius 2 is 1.82 bits per heavy atom. The van der Waals surface area contributed by atoms with Crippen LogP contribution >= 0.6 is 45.9 Å². The normalized spacial score (nSPS) is 17.9. The van der Waals surface area contributed by atoms with Gasteiger partial charge in [0.15, 0.2) is 16.8 Å². The van der Waals surface area contributed by atoms with Crippen LogP contribution in [-0.2, 0) is 9.59 Å². The number of thiophene rings is 1. The van der Waals surface area contributed by atoms with E-state index in [4.69, 9.17) is 23.2 Å². The largest absolute Gasteiger partial charge is 0.507 e. The van der Waals surface area contributed by atoms with Crippen molar-refractivity contribution >= 4 is 78.7 Å². The van der Waals surface area contributed by atoms with Crippen molar-refractivity contribution in [2.24, 2.45) is 0 Å². The van der Waals surface area contributed by atoms with Crippen molar-refractivity contribution in [3.05, 3.63) is 85.5 Å². The van der Waals surface area contributed by atoms with Gasteiger partial charge in [-0.3, -0.25) is 14.5 Å². The smallest absolute Gasteiger partial charge is 0.301 e. The monoisotopic (exact) mass is 522 g/mol. The Labute approximate surface area is 203 Å². The van der Waals surface area contributed by atoms with Gasteiger partial charge in [-0.25, -0.2) is 13.8 Å². The van der Waals surface area contributed by atoms with Crippen LogP contribution in [0.3, 0.4) is 0 Å². The summed E-state index contributed by atoms with van der Waals surface area (Å²) in [6.45, 7) is 0. The fourth-order valence-electron chi connectivity index (χ4n) is 3.56. The molecule has 1 saturated heterocycles. The van der Waals surface area contributed by atoms with E-state index in [1.165, 1.54) is 29.5 Å². The number of halogens is 4. The van der Waals surface area contributed by atoms with E-state index in [9.17, 15) is 23.5 Å². The van der Waals surface area contributed by atoms with Crippen molar-refractivity contribution < 1.29 is 23.5 Å². The number of amides is 1. The lowest BCUT2D eigenvalue weighted by Crippen LogP contribution is -2.28. The average molecular weight is 523 g/mol. The van der Waals surface area contributed by atoms with Crippen LogP contribution in [0.25, 0.3) is 16.0 Å². The molecule has 0 radical (unpaired) electrons. The molecule has 0 spiro atoms. The zero-order valence-corrected chi connectivity index (χ0v) is 19.3. The maximum Gasteiger partial charge on any atom is 0.301 e. The van der Waals surface area contributed by atoms with E-state index in [0.29, 0.717) is 9.58 Å². The van der Waals surface area contributed by atoms with E-state index in [1.54, 1.807) is 17.5 Å². The van der Waals surface area contributed by atoms with Gasteiger partial charge >= 0.3 is 5.91 Å². The number of ketones is 1. The third-order valence-corrected chi connectivity index (χ3v) is 7.76. The van der Waals surface area contributed by atoms with Gasteiger partial charge in [0.25, 0.3) is 5.78 Å². The molecule has 1 amide bonds. The van der Waals surface area contributed by atoms with Gasteiger partial charge in [-0.15, -0.1) is 11.3 Å². The highest BCUT2D eigenvalue weighted by atomic mass is 35.5. The number of hydrogen-bond acceptors (Lipinski definition) is 6. The van der Waals surface area contributed by atoms with Crippen molar-refractivity contribution in [1.82, 2.24) is 4.98 Å². The topological polar surface area (TPSA) is 70.5 Å². The van der Waals surface area contributed by atoms with Gasteiger partial charge in [0.2, 0.25) is 0 Å². The molecule has 0 aliphatic carbocycles. The summed E-state index contributed by atoms with van der Waals surface area (Å²) in [6.07, 6.45) is 0. The quantitative estimate of drug-likeness (QED) is 0.187. The zero-order valence-electron chi connectivity index (χ0n) is 16.2. The molecule has 2 aromatic heterocycles. The molecule has 0 saturated carbocycles. The molecule has 1 atom stereocenters. The Balaban J connectivity index is 1.71. The second-order valence-corrected chi connectivity index (χ2v) is 9.85. The number of benzene rings is 2. The molecule has 1 N–H and O–H groups in total. The molecular formula is C22H10Cl2F2N2O3S2. The van der Waals surface area contributed by atoms with E-state index < -0.39 is 35.1 Å². The molecule has 5 nitrogen and oxygen atoms in total.